The van der Waals surface area contributed by atoms with Gasteiger partial charge in [-0.15, -0.1) is 10.2 Å². The first kappa shape index (κ1) is 12.4. The topological polar surface area (TPSA) is 74.2 Å². The zero-order chi connectivity index (χ0) is 13.1. The van der Waals surface area contributed by atoms with Crippen molar-refractivity contribution in [2.45, 2.75) is 19.6 Å². The molecule has 0 amide bonds. The van der Waals surface area contributed by atoms with E-state index in [2.05, 4.69) is 14.9 Å². The van der Waals surface area contributed by atoms with Gasteiger partial charge in [0.15, 0.2) is 0 Å². The van der Waals surface area contributed by atoms with Gasteiger partial charge in [-0.1, -0.05) is 0 Å². The fourth-order valence-electron chi connectivity index (χ4n) is 1.31. The van der Waals surface area contributed by atoms with Crippen LogP contribution in [-0.4, -0.2) is 16.8 Å². The second-order valence-corrected chi connectivity index (χ2v) is 3.64. The summed E-state index contributed by atoms with van der Waals surface area (Å²) in [4.78, 5) is 0. The molecule has 1 heterocycles. The van der Waals surface area contributed by atoms with Crippen LogP contribution in [0, 0.1) is 0 Å². The Hall–Kier alpha value is -2.02. The fraction of sp³-hybridized carbons (Fsp3) is 0.273. The first-order valence-electron chi connectivity index (χ1n) is 5.20. The molecule has 96 valence electrons. The highest BCUT2D eigenvalue weighted by molar-refractivity contribution is 5.53. The molecule has 0 fully saturated rings. The van der Waals surface area contributed by atoms with Gasteiger partial charge in [-0.3, -0.25) is 0 Å². The molecule has 0 bridgehead atoms. The summed E-state index contributed by atoms with van der Waals surface area (Å²) in [5, 5.41) is 7.58. The van der Waals surface area contributed by atoms with Gasteiger partial charge in [0.05, 0.1) is 6.04 Å². The molecule has 2 N–H and O–H groups in total. The molecule has 0 spiro atoms. The molecule has 1 atom stereocenters. The number of alkyl halides is 2. The molecule has 18 heavy (non-hydrogen) atoms. The lowest BCUT2D eigenvalue weighted by Gasteiger charge is -2.03. The summed E-state index contributed by atoms with van der Waals surface area (Å²) < 4.78 is 33.5. The van der Waals surface area contributed by atoms with E-state index in [1.807, 2.05) is 0 Å². The van der Waals surface area contributed by atoms with Crippen LogP contribution in [0.4, 0.5) is 8.78 Å². The van der Waals surface area contributed by atoms with Crippen molar-refractivity contribution in [2.75, 3.05) is 0 Å². The van der Waals surface area contributed by atoms with Gasteiger partial charge in [0.1, 0.15) is 5.75 Å². The molecule has 7 heteroatoms. The molecule has 0 radical (unpaired) electrons. The quantitative estimate of drug-likeness (QED) is 0.907. The van der Waals surface area contributed by atoms with E-state index >= 15 is 0 Å². The average molecular weight is 255 g/mol. The maximum atomic E-state index is 12.0. The summed E-state index contributed by atoms with van der Waals surface area (Å²) in [6.45, 7) is -1.12. The van der Waals surface area contributed by atoms with Gasteiger partial charge < -0.3 is 14.9 Å². The molecule has 0 saturated heterocycles. The minimum absolute atomic E-state index is 0.0701. The number of halogens is 2. The van der Waals surface area contributed by atoms with Crippen LogP contribution >= 0.6 is 0 Å². The number of rotatable bonds is 4. The van der Waals surface area contributed by atoms with Gasteiger partial charge in [0.2, 0.25) is 11.8 Å². The van der Waals surface area contributed by atoms with Crippen molar-refractivity contribution >= 4 is 0 Å². The van der Waals surface area contributed by atoms with Crippen LogP contribution < -0.4 is 10.5 Å². The molecule has 2 rings (SSSR count). The van der Waals surface area contributed by atoms with E-state index in [0.29, 0.717) is 11.5 Å². The van der Waals surface area contributed by atoms with E-state index in [-0.39, 0.29) is 17.7 Å². The average Bonchev–Trinajstić information content (AvgIpc) is 2.78. The van der Waals surface area contributed by atoms with Crippen LogP contribution in [0.15, 0.2) is 28.7 Å². The number of aromatic nitrogens is 2. The van der Waals surface area contributed by atoms with Crippen molar-refractivity contribution in [2.24, 2.45) is 5.73 Å². The summed E-state index contributed by atoms with van der Waals surface area (Å²) in [5.41, 5.74) is 6.19. The predicted octanol–water partition coefficient (Wildman–Crippen LogP) is 2.36. The predicted molar refractivity (Wildman–Crippen MR) is 59.0 cm³/mol. The third-order valence-electron chi connectivity index (χ3n) is 2.16. The van der Waals surface area contributed by atoms with Gasteiger partial charge in [-0.2, -0.15) is 8.78 Å². The molecule has 2 aromatic rings. The smallest absolute Gasteiger partial charge is 0.387 e. The first-order chi connectivity index (χ1) is 8.56. The monoisotopic (exact) mass is 255 g/mol. The SMILES string of the molecule is CC(N)c1nnc(-c2ccc(OC(F)F)cc2)o1. The number of nitrogens with zero attached hydrogens (tertiary/aromatic N) is 2. The lowest BCUT2D eigenvalue weighted by atomic mass is 10.2. The Morgan fingerprint density at radius 2 is 1.89 bits per heavy atom. The highest BCUT2D eigenvalue weighted by Crippen LogP contribution is 2.23. The Kier molecular flexibility index (Phi) is 3.52. The van der Waals surface area contributed by atoms with Gasteiger partial charge >= 0.3 is 6.61 Å². The molecule has 1 aromatic heterocycles. The second kappa shape index (κ2) is 5.09. The Morgan fingerprint density at radius 1 is 1.22 bits per heavy atom. The number of ether oxygens (including phenoxy) is 1. The van der Waals surface area contributed by atoms with E-state index in [1.165, 1.54) is 12.1 Å². The van der Waals surface area contributed by atoms with E-state index in [9.17, 15) is 8.78 Å². The Labute approximate surface area is 102 Å². The first-order valence-corrected chi connectivity index (χ1v) is 5.20. The summed E-state index contributed by atoms with van der Waals surface area (Å²) in [7, 11) is 0. The number of benzene rings is 1. The summed E-state index contributed by atoms with van der Waals surface area (Å²) >= 11 is 0. The zero-order valence-corrected chi connectivity index (χ0v) is 9.51. The van der Waals surface area contributed by atoms with Crippen molar-refractivity contribution in [3.63, 3.8) is 0 Å². The number of hydrogen-bond donors (Lipinski definition) is 1. The van der Waals surface area contributed by atoms with Crippen molar-refractivity contribution in [1.29, 1.82) is 0 Å². The van der Waals surface area contributed by atoms with E-state index < -0.39 is 6.61 Å². The normalized spacial score (nSPS) is 12.7. The largest absolute Gasteiger partial charge is 0.435 e. The van der Waals surface area contributed by atoms with Gasteiger partial charge in [0, 0.05) is 5.56 Å². The number of hydrogen-bond acceptors (Lipinski definition) is 5. The minimum atomic E-state index is -2.84. The lowest BCUT2D eigenvalue weighted by molar-refractivity contribution is -0.0498. The van der Waals surface area contributed by atoms with Crippen LogP contribution in [0.1, 0.15) is 18.9 Å². The summed E-state index contributed by atoms with van der Waals surface area (Å²) in [6, 6.07) is 5.55. The Bertz CT molecular complexity index is 511. The highest BCUT2D eigenvalue weighted by atomic mass is 19.3. The van der Waals surface area contributed by atoms with Crippen LogP contribution in [0.25, 0.3) is 11.5 Å². The fourth-order valence-corrected chi connectivity index (χ4v) is 1.31. The lowest BCUT2D eigenvalue weighted by Crippen LogP contribution is -2.04. The highest BCUT2D eigenvalue weighted by Gasteiger charge is 2.12. The van der Waals surface area contributed by atoms with Crippen LogP contribution in [0.3, 0.4) is 0 Å². The molecule has 0 aliphatic carbocycles. The third-order valence-corrected chi connectivity index (χ3v) is 2.16. The van der Waals surface area contributed by atoms with Gasteiger partial charge in [-0.25, -0.2) is 0 Å². The van der Waals surface area contributed by atoms with Crippen molar-refractivity contribution < 1.29 is 17.9 Å². The van der Waals surface area contributed by atoms with E-state index in [0.717, 1.165) is 0 Å². The maximum absolute atomic E-state index is 12.0. The molecule has 0 aliphatic rings. The molecule has 5 nitrogen and oxygen atoms in total. The van der Waals surface area contributed by atoms with Crippen LogP contribution in [-0.2, 0) is 0 Å². The second-order valence-electron chi connectivity index (χ2n) is 3.64. The molecule has 1 unspecified atom stereocenters. The van der Waals surface area contributed by atoms with Crippen molar-refractivity contribution in [3.05, 3.63) is 30.2 Å². The third kappa shape index (κ3) is 2.80. The molecule has 0 aliphatic heterocycles. The van der Waals surface area contributed by atoms with Gasteiger partial charge in [-0.05, 0) is 31.2 Å². The standard InChI is InChI=1S/C11H11F2N3O2/c1-6(14)9-15-16-10(18-9)7-2-4-8(5-3-7)17-11(12)13/h2-6,11H,14H2,1H3. The zero-order valence-electron chi connectivity index (χ0n) is 9.51. The molecule has 1 aromatic carbocycles. The summed E-state index contributed by atoms with van der Waals surface area (Å²) in [5.74, 6) is 0.671. The van der Waals surface area contributed by atoms with E-state index in [1.54, 1.807) is 19.1 Å². The van der Waals surface area contributed by atoms with Crippen molar-refractivity contribution in [1.82, 2.24) is 10.2 Å². The summed E-state index contributed by atoms with van der Waals surface area (Å²) in [6.07, 6.45) is 0. The van der Waals surface area contributed by atoms with Crippen LogP contribution in [0.5, 0.6) is 5.75 Å². The van der Waals surface area contributed by atoms with Gasteiger partial charge in [0.25, 0.3) is 0 Å². The number of nitrogens with two attached hydrogens (primary N) is 1. The molecular weight excluding hydrogens is 244 g/mol. The molecule has 0 saturated carbocycles. The minimum Gasteiger partial charge on any atom is -0.435 e. The molecular formula is C11H11F2N3O2. The van der Waals surface area contributed by atoms with Crippen LogP contribution in [0.2, 0.25) is 0 Å². The maximum Gasteiger partial charge on any atom is 0.387 e. The van der Waals surface area contributed by atoms with E-state index in [4.69, 9.17) is 10.2 Å². The Balaban J connectivity index is 2.17. The Morgan fingerprint density at radius 3 is 2.39 bits per heavy atom. The van der Waals surface area contributed by atoms with Crippen molar-refractivity contribution in [3.8, 4) is 17.2 Å².